The van der Waals surface area contributed by atoms with Gasteiger partial charge in [-0.15, -0.1) is 0 Å². The Morgan fingerprint density at radius 1 is 0.787 bits per heavy atom. The third-order valence-electron chi connectivity index (χ3n) is 10.3. The number of alkyl halides is 9. The van der Waals surface area contributed by atoms with Gasteiger partial charge < -0.3 is 14.2 Å². The van der Waals surface area contributed by atoms with E-state index in [-0.39, 0.29) is 18.1 Å². The van der Waals surface area contributed by atoms with Gasteiger partial charge in [-0.1, -0.05) is 54.3 Å². The highest BCUT2D eigenvalue weighted by atomic mass is 33.1. The molecule has 47 heavy (non-hydrogen) atoms. The molecule has 0 bridgehead atoms. The van der Waals surface area contributed by atoms with Gasteiger partial charge in [0.1, 0.15) is 5.75 Å². The van der Waals surface area contributed by atoms with Crippen LogP contribution in [-0.2, 0) is 15.9 Å². The van der Waals surface area contributed by atoms with Crippen molar-refractivity contribution < 1.29 is 53.7 Å². The Kier molecular flexibility index (Phi) is 13.1. The van der Waals surface area contributed by atoms with Gasteiger partial charge in [-0.05, 0) is 104 Å². The van der Waals surface area contributed by atoms with Crippen LogP contribution in [0.4, 0.5) is 39.5 Å². The molecule has 270 valence electrons. The molecule has 0 spiro atoms. The van der Waals surface area contributed by atoms with Crippen LogP contribution in [0.25, 0.3) is 0 Å². The largest absolute Gasteiger partial charge is 0.494 e. The van der Waals surface area contributed by atoms with Gasteiger partial charge in [0.15, 0.2) is 0 Å². The number of aryl methyl sites for hydroxylation is 1. The lowest BCUT2D eigenvalue weighted by molar-refractivity contribution is -0.457. The van der Waals surface area contributed by atoms with Crippen LogP contribution in [0.15, 0.2) is 18.2 Å². The van der Waals surface area contributed by atoms with E-state index < -0.39 is 37.2 Å². The molecule has 14 heteroatoms. The van der Waals surface area contributed by atoms with Crippen LogP contribution in [0.5, 0.6) is 5.75 Å². The van der Waals surface area contributed by atoms with E-state index in [9.17, 15) is 39.5 Å². The SMILES string of the molecule is CCCCCSSCCCOc1ccc2c(c1)CC[C@@H]1[C@@H]2CC[C@]2(C)[C@@H](OCCCOC(C(F)(F)F)(C(F)(F)F)C(F)(F)F)CC[C@@H]12. The fourth-order valence-corrected chi connectivity index (χ4v) is 10.2. The third kappa shape index (κ3) is 8.49. The predicted molar refractivity (Wildman–Crippen MR) is 167 cm³/mol. The standard InChI is InChI=1S/C33H45F9O3S2/c1-3-4-5-19-46-47-20-7-17-43-23-9-11-24-22(21-23)8-10-26-25(24)14-15-29(2)27(26)12-13-28(29)44-16-6-18-45-30(31(34,35)36,32(37,38)39)33(40,41)42/h9,11,21,25-28H,3-8,10,12-20H2,1-2H3/t25-,26-,27+,28+,29+/m1/s1. The highest BCUT2D eigenvalue weighted by molar-refractivity contribution is 8.76. The summed E-state index contributed by atoms with van der Waals surface area (Å²) in [5.41, 5.74) is -3.82. The molecule has 0 aliphatic heterocycles. The molecule has 1 aromatic rings. The number of rotatable bonds is 16. The number of unbranched alkanes of at least 4 members (excludes halogenated alkanes) is 2. The van der Waals surface area contributed by atoms with Gasteiger partial charge in [-0.25, -0.2) is 0 Å². The van der Waals surface area contributed by atoms with E-state index in [1.54, 1.807) is 0 Å². The average Bonchev–Trinajstić information content (AvgIpc) is 3.31. The summed E-state index contributed by atoms with van der Waals surface area (Å²) in [5.74, 6) is 4.27. The molecule has 0 heterocycles. The van der Waals surface area contributed by atoms with Gasteiger partial charge in [0, 0.05) is 18.1 Å². The maximum atomic E-state index is 13.1. The molecule has 2 fully saturated rings. The zero-order chi connectivity index (χ0) is 34.5. The van der Waals surface area contributed by atoms with E-state index in [1.807, 2.05) is 21.6 Å². The predicted octanol–water partition coefficient (Wildman–Crippen LogP) is 11.1. The zero-order valence-electron chi connectivity index (χ0n) is 26.8. The van der Waals surface area contributed by atoms with Gasteiger partial charge in [-0.3, -0.25) is 0 Å². The maximum absolute atomic E-state index is 13.1. The zero-order valence-corrected chi connectivity index (χ0v) is 28.4. The molecular weight excluding hydrogens is 679 g/mol. The van der Waals surface area contributed by atoms with Crippen molar-refractivity contribution in [2.75, 3.05) is 31.3 Å². The molecule has 3 aliphatic carbocycles. The van der Waals surface area contributed by atoms with E-state index in [4.69, 9.17) is 9.47 Å². The lowest BCUT2D eigenvalue weighted by atomic mass is 9.55. The van der Waals surface area contributed by atoms with Gasteiger partial charge in [0.05, 0.1) is 19.3 Å². The molecule has 4 rings (SSSR count). The second-order valence-corrected chi connectivity index (χ2v) is 15.9. The summed E-state index contributed by atoms with van der Waals surface area (Å²) >= 11 is 0. The first-order chi connectivity index (χ1) is 22.1. The first-order valence-corrected chi connectivity index (χ1v) is 19.0. The van der Waals surface area contributed by atoms with E-state index in [0.29, 0.717) is 30.8 Å². The summed E-state index contributed by atoms with van der Waals surface area (Å²) < 4.78 is 134. The molecule has 3 nitrogen and oxygen atoms in total. The van der Waals surface area contributed by atoms with Crippen LogP contribution in [0.1, 0.15) is 95.1 Å². The van der Waals surface area contributed by atoms with Crippen molar-refractivity contribution in [1.82, 2.24) is 0 Å². The van der Waals surface area contributed by atoms with Crippen molar-refractivity contribution in [1.29, 1.82) is 0 Å². The second kappa shape index (κ2) is 15.9. The van der Waals surface area contributed by atoms with E-state index in [2.05, 4.69) is 36.8 Å². The first-order valence-electron chi connectivity index (χ1n) is 16.5. The van der Waals surface area contributed by atoms with Crippen molar-refractivity contribution >= 4 is 21.6 Å². The smallest absolute Gasteiger partial charge is 0.435 e. The van der Waals surface area contributed by atoms with Crippen molar-refractivity contribution in [3.8, 4) is 5.75 Å². The minimum atomic E-state index is -6.73. The normalized spacial score (nSPS) is 26.5. The second-order valence-electron chi connectivity index (χ2n) is 13.2. The first kappa shape index (κ1) is 38.8. The van der Waals surface area contributed by atoms with E-state index in [1.165, 1.54) is 36.1 Å². The minimum absolute atomic E-state index is 0.234. The number of ether oxygens (including phenoxy) is 3. The van der Waals surface area contributed by atoms with Crippen molar-refractivity contribution in [2.24, 2.45) is 17.3 Å². The number of halogens is 9. The van der Waals surface area contributed by atoms with E-state index in [0.717, 1.165) is 50.0 Å². The Morgan fingerprint density at radius 2 is 1.47 bits per heavy atom. The third-order valence-corrected chi connectivity index (χ3v) is 12.9. The van der Waals surface area contributed by atoms with Crippen LogP contribution in [0.2, 0.25) is 0 Å². The highest BCUT2D eigenvalue weighted by Gasteiger charge is 2.85. The quantitative estimate of drug-likeness (QED) is 0.0961. The van der Waals surface area contributed by atoms with Crippen molar-refractivity contribution in [3.05, 3.63) is 29.3 Å². The van der Waals surface area contributed by atoms with Crippen LogP contribution in [0, 0.1) is 17.3 Å². The monoisotopic (exact) mass is 724 g/mol. The average molecular weight is 725 g/mol. The van der Waals surface area contributed by atoms with Crippen LogP contribution < -0.4 is 4.74 Å². The molecule has 0 saturated heterocycles. The number of hydrogen-bond acceptors (Lipinski definition) is 5. The molecular formula is C33H45F9O3S2. The summed E-state index contributed by atoms with van der Waals surface area (Å²) in [6, 6.07) is 6.41. The van der Waals surface area contributed by atoms with Gasteiger partial charge in [0.2, 0.25) is 0 Å². The summed E-state index contributed by atoms with van der Waals surface area (Å²) in [7, 11) is 3.83. The van der Waals surface area contributed by atoms with E-state index >= 15 is 0 Å². The Bertz CT molecular complexity index is 1110. The number of benzene rings is 1. The van der Waals surface area contributed by atoms with Crippen molar-refractivity contribution in [2.45, 2.75) is 121 Å². The Labute approximate surface area is 279 Å². The fourth-order valence-electron chi connectivity index (χ4n) is 7.95. The lowest BCUT2D eigenvalue weighted by Gasteiger charge is -2.50. The number of hydrogen-bond donors (Lipinski definition) is 0. The van der Waals surface area contributed by atoms with Gasteiger partial charge in [-0.2, -0.15) is 39.5 Å². The Balaban J connectivity index is 1.26. The number of fused-ring (bicyclic) bond motifs is 5. The van der Waals surface area contributed by atoms with Crippen LogP contribution >= 0.6 is 21.6 Å². The van der Waals surface area contributed by atoms with Crippen LogP contribution in [-0.4, -0.2) is 61.6 Å². The topological polar surface area (TPSA) is 27.7 Å². The summed E-state index contributed by atoms with van der Waals surface area (Å²) in [6.07, 6.45) is -11.0. The maximum Gasteiger partial charge on any atom is 0.435 e. The molecule has 0 N–H and O–H groups in total. The summed E-state index contributed by atoms with van der Waals surface area (Å²) in [5, 5.41) is 0. The molecule has 0 aromatic heterocycles. The Morgan fingerprint density at radius 3 is 2.13 bits per heavy atom. The van der Waals surface area contributed by atoms with Crippen LogP contribution in [0.3, 0.4) is 0 Å². The summed E-state index contributed by atoms with van der Waals surface area (Å²) in [4.78, 5) is 0. The molecule has 2 saturated carbocycles. The molecule has 5 atom stereocenters. The molecule has 0 unspecified atom stereocenters. The fraction of sp³-hybridized carbons (Fsp3) is 0.818. The molecule has 0 radical (unpaired) electrons. The molecule has 0 amide bonds. The molecule has 1 aromatic carbocycles. The van der Waals surface area contributed by atoms with Crippen molar-refractivity contribution in [3.63, 3.8) is 0 Å². The van der Waals surface area contributed by atoms with Gasteiger partial charge >= 0.3 is 24.1 Å². The van der Waals surface area contributed by atoms with Gasteiger partial charge in [0.25, 0.3) is 0 Å². The summed E-state index contributed by atoms with van der Waals surface area (Å²) in [6.45, 7) is 3.30. The Hall–Kier alpha value is -0.990. The molecule has 3 aliphatic rings. The lowest BCUT2D eigenvalue weighted by Crippen LogP contribution is -2.67. The minimum Gasteiger partial charge on any atom is -0.494 e. The highest BCUT2D eigenvalue weighted by Crippen LogP contribution is 2.62.